The number of sulfonamides is 1. The van der Waals surface area contributed by atoms with Gasteiger partial charge >= 0.3 is 0 Å². The van der Waals surface area contributed by atoms with Crippen molar-refractivity contribution in [2.75, 3.05) is 23.7 Å². The quantitative estimate of drug-likeness (QED) is 0.933. The highest BCUT2D eigenvalue weighted by molar-refractivity contribution is 7.92. The van der Waals surface area contributed by atoms with E-state index >= 15 is 0 Å². The van der Waals surface area contributed by atoms with E-state index in [4.69, 9.17) is 0 Å². The van der Waals surface area contributed by atoms with Crippen LogP contribution in [-0.4, -0.2) is 22.5 Å². The third-order valence-electron chi connectivity index (χ3n) is 2.67. The van der Waals surface area contributed by atoms with Gasteiger partial charge in [0.2, 0.25) is 0 Å². The Morgan fingerprint density at radius 1 is 0.947 bits per heavy atom. The van der Waals surface area contributed by atoms with Gasteiger partial charge in [-0.15, -0.1) is 0 Å². The summed E-state index contributed by atoms with van der Waals surface area (Å²) in [5.74, 6) is 0. The van der Waals surface area contributed by atoms with Gasteiger partial charge in [0.1, 0.15) is 0 Å². The van der Waals surface area contributed by atoms with E-state index in [1.165, 1.54) is 0 Å². The molecule has 0 aliphatic rings. The Balaban J connectivity index is 2.29. The molecular formula is C14H16N2O2S. The third-order valence-corrected chi connectivity index (χ3v) is 4.07. The maximum atomic E-state index is 12.2. The van der Waals surface area contributed by atoms with Gasteiger partial charge in [-0.3, -0.25) is 4.72 Å². The van der Waals surface area contributed by atoms with Crippen molar-refractivity contribution in [1.29, 1.82) is 0 Å². The predicted molar refractivity (Wildman–Crippen MR) is 78.0 cm³/mol. The molecule has 2 aromatic carbocycles. The first-order chi connectivity index (χ1) is 8.99. The zero-order valence-electron chi connectivity index (χ0n) is 10.9. The van der Waals surface area contributed by atoms with Gasteiger partial charge in [0, 0.05) is 19.8 Å². The van der Waals surface area contributed by atoms with Crippen LogP contribution in [0.1, 0.15) is 0 Å². The van der Waals surface area contributed by atoms with Crippen LogP contribution in [0.15, 0.2) is 59.5 Å². The Morgan fingerprint density at radius 2 is 1.63 bits per heavy atom. The molecule has 0 saturated carbocycles. The van der Waals surface area contributed by atoms with Crippen molar-refractivity contribution < 1.29 is 8.42 Å². The van der Waals surface area contributed by atoms with Crippen LogP contribution in [0.2, 0.25) is 0 Å². The first kappa shape index (κ1) is 13.4. The lowest BCUT2D eigenvalue weighted by Crippen LogP contribution is -2.14. The van der Waals surface area contributed by atoms with E-state index in [9.17, 15) is 8.42 Å². The Hall–Kier alpha value is -2.01. The SMILES string of the molecule is CN(C)c1cccc(NS(=O)(=O)c2ccccc2)c1. The zero-order chi connectivity index (χ0) is 13.9. The fraction of sp³-hybridized carbons (Fsp3) is 0.143. The topological polar surface area (TPSA) is 49.4 Å². The van der Waals surface area contributed by atoms with Crippen molar-refractivity contribution in [2.45, 2.75) is 4.90 Å². The highest BCUT2D eigenvalue weighted by Crippen LogP contribution is 2.20. The summed E-state index contributed by atoms with van der Waals surface area (Å²) in [5.41, 5.74) is 1.49. The lowest BCUT2D eigenvalue weighted by Gasteiger charge is -2.14. The van der Waals surface area contributed by atoms with Crippen LogP contribution in [0.4, 0.5) is 11.4 Å². The Kier molecular flexibility index (Phi) is 3.76. The maximum Gasteiger partial charge on any atom is 0.261 e. The van der Waals surface area contributed by atoms with Crippen LogP contribution in [-0.2, 0) is 10.0 Å². The zero-order valence-corrected chi connectivity index (χ0v) is 11.7. The molecule has 0 unspecified atom stereocenters. The van der Waals surface area contributed by atoms with E-state index < -0.39 is 10.0 Å². The number of hydrogen-bond acceptors (Lipinski definition) is 3. The molecule has 0 amide bonds. The molecule has 19 heavy (non-hydrogen) atoms. The largest absolute Gasteiger partial charge is 0.378 e. The second-order valence-electron chi connectivity index (χ2n) is 4.36. The van der Waals surface area contributed by atoms with Crippen LogP contribution >= 0.6 is 0 Å². The van der Waals surface area contributed by atoms with Gasteiger partial charge < -0.3 is 4.90 Å². The minimum Gasteiger partial charge on any atom is -0.378 e. The Bertz CT molecular complexity index is 652. The standard InChI is InChI=1S/C14H16N2O2S/c1-16(2)13-8-6-7-12(11-13)15-19(17,18)14-9-4-3-5-10-14/h3-11,15H,1-2H3. The van der Waals surface area contributed by atoms with Crippen LogP contribution in [0, 0.1) is 0 Å². The Morgan fingerprint density at radius 3 is 2.26 bits per heavy atom. The molecule has 4 nitrogen and oxygen atoms in total. The maximum absolute atomic E-state index is 12.2. The predicted octanol–water partition coefficient (Wildman–Crippen LogP) is 2.55. The van der Waals surface area contributed by atoms with Gasteiger partial charge in [-0.1, -0.05) is 24.3 Å². The Labute approximate surface area is 113 Å². The normalized spacial score (nSPS) is 11.1. The third kappa shape index (κ3) is 3.26. The van der Waals surface area contributed by atoms with Gasteiger partial charge in [0.15, 0.2) is 0 Å². The molecule has 0 saturated heterocycles. The fourth-order valence-electron chi connectivity index (χ4n) is 1.66. The summed E-state index contributed by atoms with van der Waals surface area (Å²) < 4.78 is 26.9. The second kappa shape index (κ2) is 5.32. The molecule has 1 N–H and O–H groups in total. The first-order valence-electron chi connectivity index (χ1n) is 5.84. The molecular weight excluding hydrogens is 260 g/mol. The highest BCUT2D eigenvalue weighted by Gasteiger charge is 2.13. The summed E-state index contributed by atoms with van der Waals surface area (Å²) in [5, 5.41) is 0. The molecule has 0 heterocycles. The molecule has 0 bridgehead atoms. The van der Waals surface area contributed by atoms with Crippen molar-refractivity contribution in [2.24, 2.45) is 0 Å². The van der Waals surface area contributed by atoms with Crippen molar-refractivity contribution in [3.8, 4) is 0 Å². The number of nitrogens with zero attached hydrogens (tertiary/aromatic N) is 1. The van der Waals surface area contributed by atoms with Crippen molar-refractivity contribution in [3.63, 3.8) is 0 Å². The van der Waals surface area contributed by atoms with Crippen LogP contribution in [0.25, 0.3) is 0 Å². The molecule has 0 aliphatic carbocycles. The van der Waals surface area contributed by atoms with E-state index in [-0.39, 0.29) is 4.90 Å². The highest BCUT2D eigenvalue weighted by atomic mass is 32.2. The molecule has 0 fully saturated rings. The molecule has 0 spiro atoms. The number of benzene rings is 2. The van der Waals surface area contributed by atoms with E-state index in [0.717, 1.165) is 5.69 Å². The van der Waals surface area contributed by atoms with Crippen molar-refractivity contribution in [1.82, 2.24) is 0 Å². The van der Waals surface area contributed by atoms with E-state index in [2.05, 4.69) is 4.72 Å². The van der Waals surface area contributed by atoms with E-state index in [0.29, 0.717) is 5.69 Å². The smallest absolute Gasteiger partial charge is 0.261 e. The summed E-state index contributed by atoms with van der Waals surface area (Å²) in [7, 11) is 0.291. The second-order valence-corrected chi connectivity index (χ2v) is 6.05. The summed E-state index contributed by atoms with van der Waals surface area (Å²) in [6, 6.07) is 15.6. The molecule has 100 valence electrons. The number of anilines is 2. The monoisotopic (exact) mass is 276 g/mol. The van der Waals surface area contributed by atoms with Crippen LogP contribution < -0.4 is 9.62 Å². The van der Waals surface area contributed by atoms with E-state index in [1.54, 1.807) is 42.5 Å². The minimum absolute atomic E-state index is 0.255. The molecule has 0 aromatic heterocycles. The molecule has 2 aromatic rings. The molecule has 0 atom stereocenters. The first-order valence-corrected chi connectivity index (χ1v) is 7.32. The molecule has 5 heteroatoms. The summed E-state index contributed by atoms with van der Waals surface area (Å²) >= 11 is 0. The van der Waals surface area contributed by atoms with Gasteiger partial charge in [0.25, 0.3) is 10.0 Å². The minimum atomic E-state index is -3.52. The molecule has 0 aliphatic heterocycles. The molecule has 0 radical (unpaired) electrons. The molecule has 2 rings (SSSR count). The summed E-state index contributed by atoms with van der Waals surface area (Å²) in [6.45, 7) is 0. The summed E-state index contributed by atoms with van der Waals surface area (Å²) in [4.78, 5) is 2.17. The number of rotatable bonds is 4. The van der Waals surface area contributed by atoms with Crippen molar-refractivity contribution >= 4 is 21.4 Å². The lowest BCUT2D eigenvalue weighted by molar-refractivity contribution is 0.601. The van der Waals surface area contributed by atoms with Gasteiger partial charge in [-0.2, -0.15) is 0 Å². The van der Waals surface area contributed by atoms with Gasteiger partial charge in [-0.25, -0.2) is 8.42 Å². The van der Waals surface area contributed by atoms with Crippen molar-refractivity contribution in [3.05, 3.63) is 54.6 Å². The van der Waals surface area contributed by atoms with Crippen LogP contribution in [0.3, 0.4) is 0 Å². The van der Waals surface area contributed by atoms with Gasteiger partial charge in [0.05, 0.1) is 10.6 Å². The average molecular weight is 276 g/mol. The van der Waals surface area contributed by atoms with Gasteiger partial charge in [-0.05, 0) is 30.3 Å². The summed E-state index contributed by atoms with van der Waals surface area (Å²) in [6.07, 6.45) is 0. The van der Waals surface area contributed by atoms with E-state index in [1.807, 2.05) is 31.1 Å². The lowest BCUT2D eigenvalue weighted by atomic mass is 10.3. The number of hydrogen-bond donors (Lipinski definition) is 1. The van der Waals surface area contributed by atoms with Crippen LogP contribution in [0.5, 0.6) is 0 Å². The fourth-order valence-corrected chi connectivity index (χ4v) is 2.73. The average Bonchev–Trinajstić information content (AvgIpc) is 2.39. The number of nitrogens with one attached hydrogen (secondary N) is 1.